The van der Waals surface area contributed by atoms with E-state index in [9.17, 15) is 5.11 Å². The van der Waals surface area contributed by atoms with Gasteiger partial charge in [-0.3, -0.25) is 0 Å². The molecule has 4 nitrogen and oxygen atoms in total. The molecule has 0 radical (unpaired) electrons. The van der Waals surface area contributed by atoms with Gasteiger partial charge in [0.1, 0.15) is 18.2 Å². The first-order valence-corrected chi connectivity index (χ1v) is 7.54. The number of ether oxygens (including phenoxy) is 2. The van der Waals surface area contributed by atoms with Crippen LogP contribution in [0.4, 0.5) is 0 Å². The quantitative estimate of drug-likeness (QED) is 0.828. The van der Waals surface area contributed by atoms with Crippen molar-refractivity contribution in [2.45, 2.75) is 29.0 Å². The fourth-order valence-corrected chi connectivity index (χ4v) is 2.16. The molecule has 0 bridgehead atoms. The number of alkyl halides is 3. The number of aliphatic hydroxyl groups excluding tert-OH is 1. The molecule has 116 valence electrons. The monoisotopic (exact) mass is 351 g/mol. The summed E-state index contributed by atoms with van der Waals surface area (Å²) in [4.78, 5) is 4.19. The molecule has 2 rings (SSSR count). The molecule has 7 heteroatoms. The Morgan fingerprint density at radius 3 is 2.62 bits per heavy atom. The molecule has 0 aromatic heterocycles. The van der Waals surface area contributed by atoms with Crippen molar-refractivity contribution in [2.24, 2.45) is 4.99 Å². The molecule has 0 saturated carbocycles. The van der Waals surface area contributed by atoms with Crippen LogP contribution in [0.1, 0.15) is 12.5 Å². The molecule has 1 aliphatic heterocycles. The van der Waals surface area contributed by atoms with E-state index in [1.165, 1.54) is 0 Å². The van der Waals surface area contributed by atoms with E-state index in [-0.39, 0.29) is 19.1 Å². The molecule has 21 heavy (non-hydrogen) atoms. The average Bonchev–Trinajstić information content (AvgIpc) is 2.84. The van der Waals surface area contributed by atoms with Crippen molar-refractivity contribution in [3.05, 3.63) is 35.9 Å². The van der Waals surface area contributed by atoms with Gasteiger partial charge >= 0.3 is 0 Å². The molecular formula is C14H16Cl3NO3. The van der Waals surface area contributed by atoms with E-state index in [4.69, 9.17) is 44.3 Å². The Morgan fingerprint density at radius 2 is 2.05 bits per heavy atom. The van der Waals surface area contributed by atoms with Crippen LogP contribution in [-0.4, -0.2) is 39.7 Å². The first-order valence-electron chi connectivity index (χ1n) is 6.41. The highest BCUT2D eigenvalue weighted by molar-refractivity contribution is 6.76. The maximum atomic E-state index is 10.2. The number of halogens is 3. The smallest absolute Gasteiger partial charge is 0.266 e. The van der Waals surface area contributed by atoms with Crippen molar-refractivity contribution in [3.63, 3.8) is 0 Å². The SMILES string of the molecule is C[C@]1([C@@H](O)COCc2ccccc2)COC(C(Cl)(Cl)Cl)=N1. The Bertz CT molecular complexity index is 504. The normalized spacial score (nSPS) is 23.6. The van der Waals surface area contributed by atoms with E-state index in [2.05, 4.69) is 4.99 Å². The number of aliphatic imine (C=N–C) groups is 1. The van der Waals surface area contributed by atoms with Gasteiger partial charge in [-0.1, -0.05) is 65.1 Å². The fraction of sp³-hybridized carbons (Fsp3) is 0.500. The summed E-state index contributed by atoms with van der Waals surface area (Å²) in [5, 5.41) is 10.2. The molecule has 1 N–H and O–H groups in total. The molecule has 0 unspecified atom stereocenters. The summed E-state index contributed by atoms with van der Waals surface area (Å²) in [7, 11) is 0. The molecule has 0 spiro atoms. The third-order valence-electron chi connectivity index (χ3n) is 3.21. The summed E-state index contributed by atoms with van der Waals surface area (Å²) >= 11 is 17.2. The van der Waals surface area contributed by atoms with Crippen LogP contribution < -0.4 is 0 Å². The van der Waals surface area contributed by atoms with Gasteiger partial charge in [0, 0.05) is 0 Å². The van der Waals surface area contributed by atoms with E-state index in [1.54, 1.807) is 6.92 Å². The molecule has 0 aliphatic carbocycles. The van der Waals surface area contributed by atoms with Crippen molar-refractivity contribution in [1.29, 1.82) is 0 Å². The van der Waals surface area contributed by atoms with Crippen LogP contribution >= 0.6 is 34.8 Å². The molecule has 0 fully saturated rings. The zero-order valence-corrected chi connectivity index (χ0v) is 13.7. The summed E-state index contributed by atoms with van der Waals surface area (Å²) in [5.41, 5.74) is 0.152. The zero-order chi connectivity index (χ0) is 15.5. The number of rotatable bonds is 5. The van der Waals surface area contributed by atoms with Gasteiger partial charge in [-0.15, -0.1) is 0 Å². The van der Waals surface area contributed by atoms with Crippen LogP contribution in [0.2, 0.25) is 0 Å². The second-order valence-corrected chi connectivity index (χ2v) is 7.36. The van der Waals surface area contributed by atoms with Crippen molar-refractivity contribution < 1.29 is 14.6 Å². The lowest BCUT2D eigenvalue weighted by atomic mass is 9.98. The topological polar surface area (TPSA) is 51.0 Å². The van der Waals surface area contributed by atoms with E-state index in [1.807, 2.05) is 30.3 Å². The van der Waals surface area contributed by atoms with Crippen LogP contribution in [0.15, 0.2) is 35.3 Å². The first kappa shape index (κ1) is 16.8. The van der Waals surface area contributed by atoms with Crippen molar-refractivity contribution in [3.8, 4) is 0 Å². The van der Waals surface area contributed by atoms with Gasteiger partial charge in [0.05, 0.1) is 13.2 Å². The predicted molar refractivity (Wildman–Crippen MR) is 84.2 cm³/mol. The van der Waals surface area contributed by atoms with Crippen LogP contribution in [0, 0.1) is 0 Å². The van der Waals surface area contributed by atoms with Crippen molar-refractivity contribution in [2.75, 3.05) is 13.2 Å². The molecule has 1 aromatic carbocycles. The second-order valence-electron chi connectivity index (χ2n) is 5.08. The summed E-state index contributed by atoms with van der Waals surface area (Å²) in [6, 6.07) is 9.69. The van der Waals surface area contributed by atoms with Crippen LogP contribution in [0.5, 0.6) is 0 Å². The minimum atomic E-state index is -1.72. The molecule has 0 amide bonds. The van der Waals surface area contributed by atoms with Gasteiger partial charge in [0.25, 0.3) is 3.79 Å². The Morgan fingerprint density at radius 1 is 1.38 bits per heavy atom. The lowest BCUT2D eigenvalue weighted by molar-refractivity contribution is -0.0132. The number of hydrogen-bond acceptors (Lipinski definition) is 4. The largest absolute Gasteiger partial charge is 0.475 e. The Hall–Kier alpha value is -0.520. The molecule has 0 saturated heterocycles. The summed E-state index contributed by atoms with van der Waals surface area (Å²) in [6.45, 7) is 2.40. The van der Waals surface area contributed by atoms with Crippen LogP contribution in [0.25, 0.3) is 0 Å². The van der Waals surface area contributed by atoms with Crippen LogP contribution in [0.3, 0.4) is 0 Å². The van der Waals surface area contributed by atoms with Gasteiger partial charge < -0.3 is 14.6 Å². The summed E-state index contributed by atoms with van der Waals surface area (Å²) in [6.07, 6.45) is -0.855. The highest BCUT2D eigenvalue weighted by Crippen LogP contribution is 2.35. The lowest BCUT2D eigenvalue weighted by Gasteiger charge is -2.25. The number of hydrogen-bond donors (Lipinski definition) is 1. The molecule has 2 atom stereocenters. The fourth-order valence-electron chi connectivity index (χ4n) is 1.87. The Kier molecular flexibility index (Phi) is 5.38. The van der Waals surface area contributed by atoms with E-state index in [0.29, 0.717) is 6.61 Å². The van der Waals surface area contributed by atoms with Gasteiger partial charge in [0.15, 0.2) is 0 Å². The highest BCUT2D eigenvalue weighted by atomic mass is 35.6. The number of nitrogens with zero attached hydrogens (tertiary/aromatic N) is 1. The molecule has 1 aromatic rings. The van der Waals surface area contributed by atoms with Gasteiger partial charge in [-0.05, 0) is 12.5 Å². The van der Waals surface area contributed by atoms with Gasteiger partial charge in [-0.25, -0.2) is 4.99 Å². The third-order valence-corrected chi connectivity index (χ3v) is 3.69. The maximum Gasteiger partial charge on any atom is 0.266 e. The molecule has 1 heterocycles. The van der Waals surface area contributed by atoms with Gasteiger partial charge in [-0.2, -0.15) is 0 Å². The third kappa shape index (κ3) is 4.47. The predicted octanol–water partition coefficient (Wildman–Crippen LogP) is 3.12. The van der Waals surface area contributed by atoms with Gasteiger partial charge in [0.2, 0.25) is 5.90 Å². The molecule has 1 aliphatic rings. The minimum Gasteiger partial charge on any atom is -0.475 e. The summed E-state index contributed by atoms with van der Waals surface area (Å²) in [5.74, 6) is -0.00268. The van der Waals surface area contributed by atoms with E-state index in [0.717, 1.165) is 5.56 Å². The molecular weight excluding hydrogens is 337 g/mol. The zero-order valence-electron chi connectivity index (χ0n) is 11.4. The summed E-state index contributed by atoms with van der Waals surface area (Å²) < 4.78 is 9.04. The van der Waals surface area contributed by atoms with E-state index < -0.39 is 15.4 Å². The second kappa shape index (κ2) is 6.71. The average molecular weight is 353 g/mol. The number of benzene rings is 1. The maximum absolute atomic E-state index is 10.2. The van der Waals surface area contributed by atoms with Crippen LogP contribution in [-0.2, 0) is 16.1 Å². The standard InChI is InChI=1S/C14H16Cl3NO3/c1-13(9-21-12(18-13)14(15,16)17)11(19)8-20-7-10-5-3-2-4-6-10/h2-6,11,19H,7-9H2,1H3/t11-,13+/m0/s1. The van der Waals surface area contributed by atoms with E-state index >= 15 is 0 Å². The Labute approximate surface area is 138 Å². The highest BCUT2D eigenvalue weighted by Gasteiger charge is 2.44. The van der Waals surface area contributed by atoms with Crippen molar-refractivity contribution in [1.82, 2.24) is 0 Å². The number of aliphatic hydroxyl groups is 1. The Balaban J connectivity index is 1.89. The lowest BCUT2D eigenvalue weighted by Crippen LogP contribution is -2.42. The first-order chi connectivity index (χ1) is 9.81. The van der Waals surface area contributed by atoms with Crippen molar-refractivity contribution >= 4 is 40.7 Å². The minimum absolute atomic E-state index is 0.00268.